The fourth-order valence-electron chi connectivity index (χ4n) is 1.88. The van der Waals surface area contributed by atoms with E-state index in [2.05, 4.69) is 40.6 Å². The van der Waals surface area contributed by atoms with Crippen LogP contribution in [0.25, 0.3) is 0 Å². The summed E-state index contributed by atoms with van der Waals surface area (Å²) in [5.74, 6) is 0.223. The molecule has 2 N–H and O–H groups in total. The summed E-state index contributed by atoms with van der Waals surface area (Å²) in [6.07, 6.45) is 0.532. The number of nitrogens with one attached hydrogen (secondary N) is 1. The molecule has 1 aromatic carbocycles. The molecule has 0 aromatic heterocycles. The first kappa shape index (κ1) is 17.5. The Labute approximate surface area is 128 Å². The highest BCUT2D eigenvalue weighted by Crippen LogP contribution is 2.16. The maximum Gasteiger partial charge on any atom is 0.0766 e. The van der Waals surface area contributed by atoms with Crippen molar-refractivity contribution < 1.29 is 5.11 Å². The van der Waals surface area contributed by atoms with Crippen LogP contribution >= 0.6 is 0 Å². The topological polar surface area (TPSA) is 59.3 Å². The molecule has 1 aromatic rings. The maximum absolute atomic E-state index is 10.2. The molecule has 1 unspecified atom stereocenters. The standard InChI is InChI=1S/C17H27N3O/c1-14(2)17(3,21)13-19-12-15-6-8-16(9-7-15)20(4)11-5-10-18/h6-9,14,19,21H,5,11-13H2,1-4H3. The smallest absolute Gasteiger partial charge is 0.0766 e. The Balaban J connectivity index is 2.47. The van der Waals surface area contributed by atoms with E-state index in [1.165, 1.54) is 5.56 Å². The first-order valence-corrected chi connectivity index (χ1v) is 7.47. The van der Waals surface area contributed by atoms with Crippen LogP contribution in [0.15, 0.2) is 24.3 Å². The van der Waals surface area contributed by atoms with Crippen LogP contribution in [-0.4, -0.2) is 30.8 Å². The molecule has 116 valence electrons. The van der Waals surface area contributed by atoms with E-state index in [1.807, 2.05) is 27.8 Å². The number of aliphatic hydroxyl groups is 1. The highest BCUT2D eigenvalue weighted by Gasteiger charge is 2.23. The van der Waals surface area contributed by atoms with Gasteiger partial charge in [-0.3, -0.25) is 0 Å². The van der Waals surface area contributed by atoms with Crippen molar-refractivity contribution in [2.24, 2.45) is 5.92 Å². The molecule has 0 fully saturated rings. The molecule has 0 aliphatic rings. The van der Waals surface area contributed by atoms with Crippen molar-refractivity contribution >= 4 is 5.69 Å². The minimum absolute atomic E-state index is 0.223. The summed E-state index contributed by atoms with van der Waals surface area (Å²) in [6.45, 7) is 7.96. The molecule has 0 aliphatic heterocycles. The lowest BCUT2D eigenvalue weighted by Gasteiger charge is -2.28. The predicted molar refractivity (Wildman–Crippen MR) is 87.1 cm³/mol. The zero-order chi connectivity index (χ0) is 15.9. The normalized spacial score (nSPS) is 13.8. The van der Waals surface area contributed by atoms with Crippen LogP contribution in [0.2, 0.25) is 0 Å². The molecular weight excluding hydrogens is 262 g/mol. The van der Waals surface area contributed by atoms with Crippen molar-refractivity contribution in [2.45, 2.75) is 39.3 Å². The second-order valence-electron chi connectivity index (χ2n) is 6.11. The third-order valence-electron chi connectivity index (χ3n) is 3.99. The lowest BCUT2D eigenvalue weighted by molar-refractivity contribution is 0.0140. The first-order chi connectivity index (χ1) is 9.86. The number of nitrogens with zero attached hydrogens (tertiary/aromatic N) is 2. The van der Waals surface area contributed by atoms with Crippen LogP contribution in [0.5, 0.6) is 0 Å². The Kier molecular flexibility index (Phi) is 6.67. The van der Waals surface area contributed by atoms with Gasteiger partial charge in [0.1, 0.15) is 0 Å². The summed E-state index contributed by atoms with van der Waals surface area (Å²) < 4.78 is 0. The first-order valence-electron chi connectivity index (χ1n) is 7.47. The Hall–Kier alpha value is -1.57. The van der Waals surface area contributed by atoms with Crippen LogP contribution in [0.4, 0.5) is 5.69 Å². The molecule has 21 heavy (non-hydrogen) atoms. The molecule has 0 spiro atoms. The van der Waals surface area contributed by atoms with Gasteiger partial charge >= 0.3 is 0 Å². The minimum Gasteiger partial charge on any atom is -0.389 e. The number of hydrogen-bond donors (Lipinski definition) is 2. The van der Waals surface area contributed by atoms with Crippen molar-refractivity contribution in [2.75, 3.05) is 25.0 Å². The van der Waals surface area contributed by atoms with E-state index in [0.717, 1.165) is 18.8 Å². The third kappa shape index (κ3) is 5.74. The van der Waals surface area contributed by atoms with E-state index in [0.29, 0.717) is 13.0 Å². The second-order valence-corrected chi connectivity index (χ2v) is 6.11. The van der Waals surface area contributed by atoms with Gasteiger partial charge in [-0.1, -0.05) is 26.0 Å². The molecule has 4 heteroatoms. The lowest BCUT2D eigenvalue weighted by Crippen LogP contribution is -2.41. The van der Waals surface area contributed by atoms with Crippen molar-refractivity contribution in [3.8, 4) is 6.07 Å². The van der Waals surface area contributed by atoms with Crippen molar-refractivity contribution in [1.29, 1.82) is 5.26 Å². The molecule has 4 nitrogen and oxygen atoms in total. The molecule has 0 aliphatic carbocycles. The molecule has 0 heterocycles. The third-order valence-corrected chi connectivity index (χ3v) is 3.99. The molecule has 0 saturated carbocycles. The van der Waals surface area contributed by atoms with Gasteiger partial charge in [0.05, 0.1) is 18.1 Å². The van der Waals surface area contributed by atoms with Crippen LogP contribution in [0, 0.1) is 17.2 Å². The van der Waals surface area contributed by atoms with Crippen LogP contribution in [0.3, 0.4) is 0 Å². The molecule has 0 saturated heterocycles. The Morgan fingerprint density at radius 3 is 2.48 bits per heavy atom. The fraction of sp³-hybridized carbons (Fsp3) is 0.588. The molecule has 0 amide bonds. The van der Waals surface area contributed by atoms with Gasteiger partial charge in [0.2, 0.25) is 0 Å². The zero-order valence-electron chi connectivity index (χ0n) is 13.6. The van der Waals surface area contributed by atoms with Gasteiger partial charge in [0.25, 0.3) is 0 Å². The maximum atomic E-state index is 10.2. The van der Waals surface area contributed by atoms with E-state index >= 15 is 0 Å². The number of hydrogen-bond acceptors (Lipinski definition) is 4. The summed E-state index contributed by atoms with van der Waals surface area (Å²) >= 11 is 0. The number of nitriles is 1. The lowest BCUT2D eigenvalue weighted by atomic mass is 9.92. The Morgan fingerprint density at radius 2 is 1.95 bits per heavy atom. The summed E-state index contributed by atoms with van der Waals surface area (Å²) in [4.78, 5) is 2.07. The van der Waals surface area contributed by atoms with Gasteiger partial charge < -0.3 is 15.3 Å². The SMILES string of the molecule is CC(C)C(C)(O)CNCc1ccc(N(C)CCC#N)cc1. The summed E-state index contributed by atoms with van der Waals surface area (Å²) in [5.41, 5.74) is 1.62. The largest absolute Gasteiger partial charge is 0.389 e. The zero-order valence-corrected chi connectivity index (χ0v) is 13.6. The molecular formula is C17H27N3O. The fourth-order valence-corrected chi connectivity index (χ4v) is 1.88. The van der Waals surface area contributed by atoms with E-state index < -0.39 is 5.60 Å². The van der Waals surface area contributed by atoms with Gasteiger partial charge in [0, 0.05) is 32.4 Å². The van der Waals surface area contributed by atoms with E-state index in [4.69, 9.17) is 5.26 Å². The predicted octanol–water partition coefficient (Wildman–Crippen LogP) is 2.53. The summed E-state index contributed by atoms with van der Waals surface area (Å²) in [7, 11) is 1.99. The summed E-state index contributed by atoms with van der Waals surface area (Å²) in [6, 6.07) is 10.4. The average molecular weight is 289 g/mol. The van der Waals surface area contributed by atoms with E-state index in [-0.39, 0.29) is 5.92 Å². The van der Waals surface area contributed by atoms with Crippen LogP contribution < -0.4 is 10.2 Å². The van der Waals surface area contributed by atoms with Crippen molar-refractivity contribution in [3.63, 3.8) is 0 Å². The van der Waals surface area contributed by atoms with Gasteiger partial charge in [-0.05, 0) is 30.5 Å². The number of anilines is 1. The number of benzene rings is 1. The van der Waals surface area contributed by atoms with Gasteiger partial charge in [0.15, 0.2) is 0 Å². The quantitative estimate of drug-likeness (QED) is 0.772. The molecule has 1 atom stereocenters. The molecule has 0 radical (unpaired) electrons. The Bertz CT molecular complexity index is 460. The highest BCUT2D eigenvalue weighted by atomic mass is 16.3. The number of rotatable bonds is 8. The molecule has 1 rings (SSSR count). The van der Waals surface area contributed by atoms with E-state index in [1.54, 1.807) is 0 Å². The molecule has 0 bridgehead atoms. The van der Waals surface area contributed by atoms with Crippen molar-refractivity contribution in [1.82, 2.24) is 5.32 Å². The minimum atomic E-state index is -0.683. The Morgan fingerprint density at radius 1 is 1.33 bits per heavy atom. The van der Waals surface area contributed by atoms with Gasteiger partial charge in [-0.15, -0.1) is 0 Å². The van der Waals surface area contributed by atoms with Gasteiger partial charge in [-0.2, -0.15) is 5.26 Å². The van der Waals surface area contributed by atoms with Crippen molar-refractivity contribution in [3.05, 3.63) is 29.8 Å². The second kappa shape index (κ2) is 8.02. The summed E-state index contributed by atoms with van der Waals surface area (Å²) in [5, 5.41) is 22.1. The van der Waals surface area contributed by atoms with Gasteiger partial charge in [-0.25, -0.2) is 0 Å². The monoisotopic (exact) mass is 289 g/mol. The highest BCUT2D eigenvalue weighted by molar-refractivity contribution is 5.46. The van der Waals surface area contributed by atoms with E-state index in [9.17, 15) is 5.11 Å². The van der Waals surface area contributed by atoms with Crippen LogP contribution in [-0.2, 0) is 6.54 Å². The average Bonchev–Trinajstić information content (AvgIpc) is 2.45. The van der Waals surface area contributed by atoms with Crippen LogP contribution in [0.1, 0.15) is 32.8 Å².